The molecule has 0 bridgehead atoms. The largest absolute Gasteiger partial charge is 0.416 e. The molecule has 2 heterocycles. The van der Waals surface area contributed by atoms with Gasteiger partial charge in [-0.2, -0.15) is 13.2 Å². The van der Waals surface area contributed by atoms with Gasteiger partial charge in [0.05, 0.1) is 16.8 Å². The summed E-state index contributed by atoms with van der Waals surface area (Å²) in [6, 6.07) is 2.69. The van der Waals surface area contributed by atoms with Gasteiger partial charge in [-0.05, 0) is 24.1 Å². The zero-order chi connectivity index (χ0) is 18.9. The number of aryl methyl sites for hydroxylation is 1. The Morgan fingerprint density at radius 2 is 2.08 bits per heavy atom. The molecular weight excluding hydrogens is 350 g/mol. The molecule has 4 nitrogen and oxygen atoms in total. The highest BCUT2D eigenvalue weighted by Gasteiger charge is 2.34. The molecule has 3 rings (SSSR count). The fourth-order valence-electron chi connectivity index (χ4n) is 3.21. The van der Waals surface area contributed by atoms with Gasteiger partial charge in [-0.25, -0.2) is 9.37 Å². The van der Waals surface area contributed by atoms with Crippen LogP contribution in [0.25, 0.3) is 0 Å². The highest BCUT2D eigenvalue weighted by molar-refractivity contribution is 5.31. The molecule has 0 fully saturated rings. The van der Waals surface area contributed by atoms with Crippen molar-refractivity contribution in [3.8, 4) is 0 Å². The average molecular weight is 369 g/mol. The van der Waals surface area contributed by atoms with Gasteiger partial charge in [-0.15, -0.1) is 0 Å². The minimum Gasteiger partial charge on any atom is -0.310 e. The first-order valence-corrected chi connectivity index (χ1v) is 8.47. The molecule has 0 atom stereocenters. The maximum absolute atomic E-state index is 13.2. The molecule has 0 saturated heterocycles. The summed E-state index contributed by atoms with van der Waals surface area (Å²) >= 11 is 0. The molecule has 0 unspecified atom stereocenters. The minimum atomic E-state index is -4.63. The SMILES string of the molecule is CCCc1nc2c(c(=O)[nH]1)CN(Cc1ccc(F)cc1C(F)(F)F)CC2. The number of nitrogens with zero attached hydrogens (tertiary/aromatic N) is 2. The molecule has 1 aromatic heterocycles. The number of H-pyrrole nitrogens is 1. The summed E-state index contributed by atoms with van der Waals surface area (Å²) in [7, 11) is 0. The van der Waals surface area contributed by atoms with E-state index in [-0.39, 0.29) is 24.2 Å². The van der Waals surface area contributed by atoms with Gasteiger partial charge >= 0.3 is 6.18 Å². The molecular formula is C18H19F4N3O. The zero-order valence-electron chi connectivity index (χ0n) is 14.3. The summed E-state index contributed by atoms with van der Waals surface area (Å²) in [5.74, 6) is -0.281. The lowest BCUT2D eigenvalue weighted by atomic mass is 10.0. The number of aromatic amines is 1. The third kappa shape index (κ3) is 3.95. The summed E-state index contributed by atoms with van der Waals surface area (Å²) < 4.78 is 52.7. The predicted octanol–water partition coefficient (Wildman–Crippen LogP) is 3.44. The lowest BCUT2D eigenvalue weighted by Crippen LogP contribution is -2.36. The number of halogens is 4. The van der Waals surface area contributed by atoms with Crippen molar-refractivity contribution in [2.75, 3.05) is 6.54 Å². The van der Waals surface area contributed by atoms with Crippen molar-refractivity contribution >= 4 is 0 Å². The van der Waals surface area contributed by atoms with E-state index in [2.05, 4.69) is 9.97 Å². The molecule has 0 aliphatic carbocycles. The van der Waals surface area contributed by atoms with Gasteiger partial charge in [0.2, 0.25) is 0 Å². The molecule has 0 amide bonds. The van der Waals surface area contributed by atoms with E-state index in [9.17, 15) is 22.4 Å². The van der Waals surface area contributed by atoms with E-state index in [1.807, 2.05) is 6.92 Å². The van der Waals surface area contributed by atoms with Crippen molar-refractivity contribution < 1.29 is 17.6 Å². The summed E-state index contributed by atoms with van der Waals surface area (Å²) in [5, 5.41) is 0. The average Bonchev–Trinajstić information content (AvgIpc) is 2.56. The van der Waals surface area contributed by atoms with Crippen molar-refractivity contribution in [3.63, 3.8) is 0 Å². The van der Waals surface area contributed by atoms with E-state index in [0.29, 0.717) is 42.5 Å². The fraction of sp³-hybridized carbons (Fsp3) is 0.444. The molecule has 0 saturated carbocycles. The Morgan fingerprint density at radius 1 is 1.31 bits per heavy atom. The molecule has 1 aliphatic rings. The lowest BCUT2D eigenvalue weighted by Gasteiger charge is -2.28. The normalized spacial score (nSPS) is 15.1. The monoisotopic (exact) mass is 369 g/mol. The van der Waals surface area contributed by atoms with E-state index >= 15 is 0 Å². The Kier molecular flexibility index (Phi) is 5.13. The van der Waals surface area contributed by atoms with Crippen LogP contribution < -0.4 is 5.56 Å². The number of fused-ring (bicyclic) bond motifs is 1. The number of rotatable bonds is 4. The Bertz CT molecular complexity index is 860. The topological polar surface area (TPSA) is 49.0 Å². The number of aromatic nitrogens is 2. The first kappa shape index (κ1) is 18.6. The van der Waals surface area contributed by atoms with E-state index in [4.69, 9.17) is 0 Å². The molecule has 0 spiro atoms. The smallest absolute Gasteiger partial charge is 0.310 e. The number of alkyl halides is 3. The van der Waals surface area contributed by atoms with Gasteiger partial charge in [-0.3, -0.25) is 9.69 Å². The second kappa shape index (κ2) is 7.19. The van der Waals surface area contributed by atoms with E-state index < -0.39 is 17.6 Å². The first-order valence-electron chi connectivity index (χ1n) is 8.47. The molecule has 26 heavy (non-hydrogen) atoms. The summed E-state index contributed by atoms with van der Waals surface area (Å²) in [4.78, 5) is 21.2. The van der Waals surface area contributed by atoms with Gasteiger partial charge in [0.1, 0.15) is 11.6 Å². The van der Waals surface area contributed by atoms with Crippen LogP contribution in [0.5, 0.6) is 0 Å². The Hall–Kier alpha value is -2.22. The van der Waals surface area contributed by atoms with Gasteiger partial charge in [0.15, 0.2) is 0 Å². The fourth-order valence-corrected chi connectivity index (χ4v) is 3.21. The van der Waals surface area contributed by atoms with E-state index in [0.717, 1.165) is 18.6 Å². The third-order valence-corrected chi connectivity index (χ3v) is 4.45. The summed E-state index contributed by atoms with van der Waals surface area (Å²) in [6.45, 7) is 2.69. The van der Waals surface area contributed by atoms with Crippen LogP contribution in [0.1, 0.15) is 41.6 Å². The van der Waals surface area contributed by atoms with Crippen LogP contribution in [-0.4, -0.2) is 21.4 Å². The zero-order valence-corrected chi connectivity index (χ0v) is 14.3. The van der Waals surface area contributed by atoms with Crippen LogP contribution in [0, 0.1) is 5.82 Å². The quantitative estimate of drug-likeness (QED) is 0.840. The molecule has 1 aromatic carbocycles. The molecule has 8 heteroatoms. The highest BCUT2D eigenvalue weighted by Crippen LogP contribution is 2.33. The van der Waals surface area contributed by atoms with Crippen molar-refractivity contribution in [2.24, 2.45) is 0 Å². The van der Waals surface area contributed by atoms with Gasteiger partial charge < -0.3 is 4.98 Å². The molecule has 2 aromatic rings. The maximum atomic E-state index is 13.2. The predicted molar refractivity (Wildman–Crippen MR) is 88.1 cm³/mol. The van der Waals surface area contributed by atoms with Gasteiger partial charge in [0.25, 0.3) is 5.56 Å². The second-order valence-electron chi connectivity index (χ2n) is 6.45. The minimum absolute atomic E-state index is 0.00524. The van der Waals surface area contributed by atoms with Crippen LogP contribution in [0.15, 0.2) is 23.0 Å². The lowest BCUT2D eigenvalue weighted by molar-refractivity contribution is -0.138. The number of hydrogen-bond donors (Lipinski definition) is 1. The Labute approximate surface area is 147 Å². The van der Waals surface area contributed by atoms with Crippen LogP contribution in [0.3, 0.4) is 0 Å². The molecule has 140 valence electrons. The Morgan fingerprint density at radius 3 is 2.77 bits per heavy atom. The molecule has 0 radical (unpaired) electrons. The van der Waals surface area contributed by atoms with Gasteiger partial charge in [-0.1, -0.05) is 13.0 Å². The van der Waals surface area contributed by atoms with Crippen LogP contribution in [0.2, 0.25) is 0 Å². The molecule has 1 N–H and O–H groups in total. The van der Waals surface area contributed by atoms with E-state index in [1.165, 1.54) is 0 Å². The van der Waals surface area contributed by atoms with Crippen molar-refractivity contribution in [2.45, 2.75) is 45.5 Å². The standard InChI is InChI=1S/C18H19F4N3O/c1-2-3-16-23-15-6-7-25(10-13(15)17(26)24-16)9-11-4-5-12(19)8-14(11)18(20,21)22/h4-5,8H,2-3,6-7,9-10H2,1H3,(H,23,24,26). The van der Waals surface area contributed by atoms with Crippen molar-refractivity contribution in [1.82, 2.24) is 14.9 Å². The number of nitrogens with one attached hydrogen (secondary N) is 1. The van der Waals surface area contributed by atoms with Crippen molar-refractivity contribution in [3.05, 3.63) is 62.6 Å². The van der Waals surface area contributed by atoms with Crippen molar-refractivity contribution in [1.29, 1.82) is 0 Å². The number of hydrogen-bond acceptors (Lipinski definition) is 3. The molecule has 1 aliphatic heterocycles. The van der Waals surface area contributed by atoms with E-state index in [1.54, 1.807) is 4.90 Å². The number of benzene rings is 1. The van der Waals surface area contributed by atoms with Crippen LogP contribution in [-0.2, 0) is 32.1 Å². The summed E-state index contributed by atoms with van der Waals surface area (Å²) in [5.41, 5.74) is -0.0170. The second-order valence-corrected chi connectivity index (χ2v) is 6.45. The van der Waals surface area contributed by atoms with Crippen LogP contribution >= 0.6 is 0 Å². The Balaban J connectivity index is 1.84. The maximum Gasteiger partial charge on any atom is 0.416 e. The first-order chi connectivity index (χ1) is 12.3. The third-order valence-electron chi connectivity index (χ3n) is 4.45. The van der Waals surface area contributed by atoms with Crippen LogP contribution in [0.4, 0.5) is 17.6 Å². The highest BCUT2D eigenvalue weighted by atomic mass is 19.4. The van der Waals surface area contributed by atoms with Gasteiger partial charge in [0, 0.05) is 32.5 Å². The summed E-state index contributed by atoms with van der Waals surface area (Å²) in [6.07, 6.45) is -2.59.